The highest BCUT2D eigenvalue weighted by atomic mass is 79.9. The van der Waals surface area contributed by atoms with E-state index in [9.17, 15) is 4.79 Å². The van der Waals surface area contributed by atoms with E-state index in [4.69, 9.17) is 14.6 Å². The third-order valence-corrected chi connectivity index (χ3v) is 5.47. The fourth-order valence-electron chi connectivity index (χ4n) is 3.61. The van der Waals surface area contributed by atoms with Crippen molar-refractivity contribution in [1.29, 1.82) is 0 Å². The Balaban J connectivity index is 1.79. The third kappa shape index (κ3) is 3.76. The molecule has 0 amide bonds. The summed E-state index contributed by atoms with van der Waals surface area (Å²) >= 11 is 3.44. The fourth-order valence-corrected chi connectivity index (χ4v) is 3.87. The number of nitrogens with one attached hydrogen (secondary N) is 1. The van der Waals surface area contributed by atoms with Crippen LogP contribution in [-0.4, -0.2) is 43.0 Å². The van der Waals surface area contributed by atoms with Gasteiger partial charge in [-0.2, -0.15) is 0 Å². The zero-order valence-electron chi connectivity index (χ0n) is 13.0. The molecule has 2 aliphatic rings. The van der Waals surface area contributed by atoms with E-state index in [0.29, 0.717) is 0 Å². The number of carbonyl (C=O) groups is 1. The van der Waals surface area contributed by atoms with E-state index in [1.807, 2.05) is 24.3 Å². The summed E-state index contributed by atoms with van der Waals surface area (Å²) < 4.78 is 12.9. The number of aliphatic carboxylic acids is 1. The average molecular weight is 384 g/mol. The molecule has 6 heteroatoms. The summed E-state index contributed by atoms with van der Waals surface area (Å²) in [5, 5.41) is 12.4. The molecule has 0 radical (unpaired) electrons. The van der Waals surface area contributed by atoms with Crippen LogP contribution in [-0.2, 0) is 19.9 Å². The third-order valence-electron chi connectivity index (χ3n) is 4.95. The highest BCUT2D eigenvalue weighted by Gasteiger charge is 2.46. The lowest BCUT2D eigenvalue weighted by Gasteiger charge is -2.47. The van der Waals surface area contributed by atoms with Gasteiger partial charge in [0.25, 0.3) is 0 Å². The van der Waals surface area contributed by atoms with Gasteiger partial charge in [0.1, 0.15) is 6.61 Å². The number of hydrogen-bond acceptors (Lipinski definition) is 4. The fraction of sp³-hybridized carbons (Fsp3) is 0.588. The Morgan fingerprint density at radius 1 is 1.26 bits per heavy atom. The Morgan fingerprint density at radius 2 is 1.96 bits per heavy atom. The first-order chi connectivity index (χ1) is 11.0. The first-order valence-corrected chi connectivity index (χ1v) is 8.80. The predicted octanol–water partition coefficient (Wildman–Crippen LogP) is 2.68. The molecule has 1 saturated carbocycles. The maximum atomic E-state index is 11.0. The second kappa shape index (κ2) is 6.89. The van der Waals surface area contributed by atoms with Crippen molar-refractivity contribution in [3.05, 3.63) is 34.3 Å². The van der Waals surface area contributed by atoms with Gasteiger partial charge >= 0.3 is 5.97 Å². The molecule has 1 aromatic carbocycles. The number of halogens is 1. The minimum absolute atomic E-state index is 0.121. The first kappa shape index (κ1) is 16.9. The number of ether oxygens (including phenoxy) is 2. The van der Waals surface area contributed by atoms with Gasteiger partial charge in [0.15, 0.2) is 0 Å². The van der Waals surface area contributed by atoms with Crippen molar-refractivity contribution in [2.75, 3.05) is 26.3 Å². The van der Waals surface area contributed by atoms with E-state index in [2.05, 4.69) is 21.2 Å². The van der Waals surface area contributed by atoms with Crippen molar-refractivity contribution in [3.63, 3.8) is 0 Å². The van der Waals surface area contributed by atoms with E-state index in [1.54, 1.807) is 0 Å². The predicted molar refractivity (Wildman–Crippen MR) is 89.4 cm³/mol. The lowest BCUT2D eigenvalue weighted by Crippen LogP contribution is -2.54. The standard InChI is InChI=1S/C17H22BrNO4/c18-14-3-1-13(2-4-14)17(23-11-15(20)21)7-5-16(6-8-17)12-19-9-10-22-16/h1-4,19H,5-12H2,(H,20,21). The summed E-state index contributed by atoms with van der Waals surface area (Å²) in [7, 11) is 0. The van der Waals surface area contributed by atoms with Gasteiger partial charge in [0.2, 0.25) is 0 Å². The van der Waals surface area contributed by atoms with Gasteiger partial charge in [0, 0.05) is 17.6 Å². The quantitative estimate of drug-likeness (QED) is 0.836. The van der Waals surface area contributed by atoms with Gasteiger partial charge in [-0.3, -0.25) is 0 Å². The molecule has 1 aromatic rings. The zero-order valence-corrected chi connectivity index (χ0v) is 14.6. The Hall–Kier alpha value is -0.950. The lowest BCUT2D eigenvalue weighted by atomic mass is 9.72. The number of hydrogen-bond donors (Lipinski definition) is 2. The van der Waals surface area contributed by atoms with Crippen molar-refractivity contribution < 1.29 is 19.4 Å². The van der Waals surface area contributed by atoms with Crippen LogP contribution in [0.2, 0.25) is 0 Å². The van der Waals surface area contributed by atoms with Gasteiger partial charge in [-0.25, -0.2) is 4.79 Å². The molecule has 1 aliphatic heterocycles. The highest BCUT2D eigenvalue weighted by Crippen LogP contribution is 2.46. The monoisotopic (exact) mass is 383 g/mol. The molecule has 5 nitrogen and oxygen atoms in total. The molecular formula is C17H22BrNO4. The maximum absolute atomic E-state index is 11.0. The average Bonchev–Trinajstić information content (AvgIpc) is 2.56. The molecule has 0 atom stereocenters. The Labute approximate surface area is 144 Å². The number of morpholine rings is 1. The highest BCUT2D eigenvalue weighted by molar-refractivity contribution is 9.10. The second-order valence-corrected chi connectivity index (χ2v) is 7.31. The largest absolute Gasteiger partial charge is 0.480 e. The van der Waals surface area contributed by atoms with Crippen molar-refractivity contribution >= 4 is 21.9 Å². The van der Waals surface area contributed by atoms with E-state index in [1.165, 1.54) is 0 Å². The van der Waals surface area contributed by atoms with Gasteiger partial charge < -0.3 is 19.9 Å². The van der Waals surface area contributed by atoms with E-state index in [-0.39, 0.29) is 12.2 Å². The maximum Gasteiger partial charge on any atom is 0.329 e. The van der Waals surface area contributed by atoms with Crippen molar-refractivity contribution in [3.8, 4) is 0 Å². The molecule has 2 N–H and O–H groups in total. The zero-order chi connectivity index (χ0) is 16.3. The Bertz CT molecular complexity index is 544. The van der Waals surface area contributed by atoms with Crippen LogP contribution in [0.4, 0.5) is 0 Å². The van der Waals surface area contributed by atoms with Crippen LogP contribution in [0.3, 0.4) is 0 Å². The van der Waals surface area contributed by atoms with Crippen molar-refractivity contribution in [2.24, 2.45) is 0 Å². The molecule has 0 bridgehead atoms. The summed E-state index contributed by atoms with van der Waals surface area (Å²) in [4.78, 5) is 11.0. The number of carboxylic acids is 1. The molecular weight excluding hydrogens is 362 g/mol. The van der Waals surface area contributed by atoms with E-state index >= 15 is 0 Å². The molecule has 3 rings (SSSR count). The van der Waals surface area contributed by atoms with Gasteiger partial charge in [-0.05, 0) is 43.4 Å². The van der Waals surface area contributed by atoms with E-state index in [0.717, 1.165) is 55.4 Å². The van der Waals surface area contributed by atoms with Gasteiger partial charge in [-0.1, -0.05) is 28.1 Å². The Morgan fingerprint density at radius 3 is 2.52 bits per heavy atom. The molecule has 1 spiro atoms. The van der Waals surface area contributed by atoms with Crippen LogP contribution in [0.25, 0.3) is 0 Å². The molecule has 23 heavy (non-hydrogen) atoms. The summed E-state index contributed by atoms with van der Waals surface area (Å²) in [5.41, 5.74) is 0.384. The topological polar surface area (TPSA) is 67.8 Å². The molecule has 2 fully saturated rings. The minimum atomic E-state index is -0.933. The van der Waals surface area contributed by atoms with Crippen LogP contribution in [0.5, 0.6) is 0 Å². The van der Waals surface area contributed by atoms with Crippen molar-refractivity contribution in [1.82, 2.24) is 5.32 Å². The lowest BCUT2D eigenvalue weighted by molar-refractivity contribution is -0.168. The first-order valence-electron chi connectivity index (χ1n) is 8.00. The van der Waals surface area contributed by atoms with E-state index < -0.39 is 11.6 Å². The summed E-state index contributed by atoms with van der Waals surface area (Å²) in [5.74, 6) is -0.933. The number of benzene rings is 1. The number of rotatable bonds is 4. The van der Waals surface area contributed by atoms with Gasteiger partial charge in [-0.15, -0.1) is 0 Å². The summed E-state index contributed by atoms with van der Waals surface area (Å²) in [6.07, 6.45) is 3.28. The van der Waals surface area contributed by atoms with Crippen LogP contribution in [0, 0.1) is 0 Å². The van der Waals surface area contributed by atoms with Gasteiger partial charge in [0.05, 0.1) is 17.8 Å². The van der Waals surface area contributed by atoms with Crippen LogP contribution < -0.4 is 5.32 Å². The minimum Gasteiger partial charge on any atom is -0.480 e. The SMILES string of the molecule is O=C(O)COC1(c2ccc(Br)cc2)CCC2(CC1)CNCCO2. The molecule has 1 aliphatic carbocycles. The second-order valence-electron chi connectivity index (χ2n) is 6.39. The smallest absolute Gasteiger partial charge is 0.329 e. The number of carboxylic acid groups (broad SMARTS) is 1. The van der Waals surface area contributed by atoms with Crippen LogP contribution in [0.15, 0.2) is 28.7 Å². The van der Waals surface area contributed by atoms with Crippen molar-refractivity contribution in [2.45, 2.75) is 36.9 Å². The molecule has 126 valence electrons. The molecule has 1 heterocycles. The summed E-state index contributed by atoms with van der Waals surface area (Å²) in [6, 6.07) is 7.99. The van der Waals surface area contributed by atoms with Crippen LogP contribution >= 0.6 is 15.9 Å². The molecule has 1 saturated heterocycles. The van der Waals surface area contributed by atoms with Crippen LogP contribution in [0.1, 0.15) is 31.2 Å². The normalized spacial score (nSPS) is 31.2. The molecule has 0 unspecified atom stereocenters. The Kier molecular flexibility index (Phi) is 5.06. The summed E-state index contributed by atoms with van der Waals surface area (Å²) in [6.45, 7) is 2.22. The molecule has 0 aromatic heterocycles.